The number of nitrogens with two attached hydrogens (primary N) is 1. The van der Waals surface area contributed by atoms with Crippen LogP contribution in [0.3, 0.4) is 0 Å². The Labute approximate surface area is 109 Å². The van der Waals surface area contributed by atoms with Crippen molar-refractivity contribution in [2.45, 2.75) is 13.5 Å². The van der Waals surface area contributed by atoms with Crippen molar-refractivity contribution in [1.29, 1.82) is 0 Å². The molecule has 0 spiro atoms. The van der Waals surface area contributed by atoms with Crippen LogP contribution in [0.2, 0.25) is 0 Å². The fraction of sp³-hybridized carbons (Fsp3) is 0.250. The molecule has 6 nitrogen and oxygen atoms in total. The Hall–Kier alpha value is -2.44. The minimum absolute atomic E-state index is 0.000738. The maximum Gasteiger partial charge on any atom is 0.324 e. The summed E-state index contributed by atoms with van der Waals surface area (Å²) in [5.41, 5.74) is 5.89. The van der Waals surface area contributed by atoms with Gasteiger partial charge in [0.1, 0.15) is 12.4 Å². The SMILES string of the molecule is CCOc1nc(N)nc(OCc2ccccc2F)n1. The van der Waals surface area contributed by atoms with Crippen LogP contribution in [0.4, 0.5) is 10.3 Å². The van der Waals surface area contributed by atoms with E-state index < -0.39 is 0 Å². The Morgan fingerprint density at radius 1 is 1.11 bits per heavy atom. The number of anilines is 1. The van der Waals surface area contributed by atoms with Crippen molar-refractivity contribution in [3.05, 3.63) is 35.6 Å². The summed E-state index contributed by atoms with van der Waals surface area (Å²) in [4.78, 5) is 11.5. The van der Waals surface area contributed by atoms with Crippen molar-refractivity contribution >= 4 is 5.95 Å². The van der Waals surface area contributed by atoms with E-state index in [1.54, 1.807) is 25.1 Å². The van der Waals surface area contributed by atoms with Gasteiger partial charge < -0.3 is 15.2 Å². The van der Waals surface area contributed by atoms with Crippen molar-refractivity contribution in [2.24, 2.45) is 0 Å². The zero-order valence-electron chi connectivity index (χ0n) is 10.3. The molecule has 0 fully saturated rings. The number of ether oxygens (including phenoxy) is 2. The van der Waals surface area contributed by atoms with Crippen LogP contribution in [0.5, 0.6) is 12.0 Å². The molecule has 0 amide bonds. The molecule has 7 heteroatoms. The first kappa shape index (κ1) is 13.0. The number of benzene rings is 1. The smallest absolute Gasteiger partial charge is 0.324 e. The fourth-order valence-corrected chi connectivity index (χ4v) is 1.37. The lowest BCUT2D eigenvalue weighted by molar-refractivity contribution is 0.258. The van der Waals surface area contributed by atoms with Gasteiger partial charge in [-0.15, -0.1) is 4.98 Å². The van der Waals surface area contributed by atoms with Gasteiger partial charge in [0.2, 0.25) is 5.95 Å². The molecule has 0 radical (unpaired) electrons. The van der Waals surface area contributed by atoms with Gasteiger partial charge in [-0.05, 0) is 13.0 Å². The van der Waals surface area contributed by atoms with Crippen molar-refractivity contribution in [1.82, 2.24) is 15.0 Å². The molecule has 1 heterocycles. The van der Waals surface area contributed by atoms with Crippen LogP contribution in [0, 0.1) is 5.82 Å². The van der Waals surface area contributed by atoms with E-state index in [1.807, 2.05) is 0 Å². The monoisotopic (exact) mass is 264 g/mol. The molecule has 0 unspecified atom stereocenters. The molecular weight excluding hydrogens is 251 g/mol. The average Bonchev–Trinajstić information content (AvgIpc) is 2.37. The van der Waals surface area contributed by atoms with E-state index in [0.29, 0.717) is 12.2 Å². The molecule has 0 saturated carbocycles. The van der Waals surface area contributed by atoms with Gasteiger partial charge in [0.15, 0.2) is 0 Å². The van der Waals surface area contributed by atoms with E-state index in [9.17, 15) is 4.39 Å². The summed E-state index contributed by atoms with van der Waals surface area (Å²) in [5, 5.41) is 0. The van der Waals surface area contributed by atoms with Gasteiger partial charge >= 0.3 is 12.0 Å². The van der Waals surface area contributed by atoms with E-state index in [0.717, 1.165) is 0 Å². The Morgan fingerprint density at radius 3 is 2.47 bits per heavy atom. The summed E-state index contributed by atoms with van der Waals surface area (Å²) >= 11 is 0. The molecule has 100 valence electrons. The molecule has 0 aliphatic rings. The van der Waals surface area contributed by atoms with Gasteiger partial charge in [0, 0.05) is 5.56 Å². The second-order valence-corrected chi connectivity index (χ2v) is 3.57. The minimum atomic E-state index is -0.352. The third-order valence-electron chi connectivity index (χ3n) is 2.20. The molecule has 2 rings (SSSR count). The normalized spacial score (nSPS) is 10.2. The van der Waals surface area contributed by atoms with Crippen LogP contribution in [0.1, 0.15) is 12.5 Å². The molecule has 1 aromatic carbocycles. The number of hydrogen-bond acceptors (Lipinski definition) is 6. The van der Waals surface area contributed by atoms with Gasteiger partial charge in [-0.25, -0.2) is 4.39 Å². The maximum absolute atomic E-state index is 13.4. The minimum Gasteiger partial charge on any atom is -0.464 e. The van der Waals surface area contributed by atoms with E-state index in [4.69, 9.17) is 15.2 Å². The highest BCUT2D eigenvalue weighted by Gasteiger charge is 2.08. The summed E-state index contributed by atoms with van der Waals surface area (Å²) in [6.45, 7) is 2.19. The average molecular weight is 264 g/mol. The lowest BCUT2D eigenvalue weighted by Gasteiger charge is -2.07. The third kappa shape index (κ3) is 3.51. The van der Waals surface area contributed by atoms with Crippen LogP contribution < -0.4 is 15.2 Å². The Balaban J connectivity index is 2.09. The highest BCUT2D eigenvalue weighted by molar-refractivity contribution is 5.21. The molecule has 0 atom stereocenters. The summed E-state index contributed by atoms with van der Waals surface area (Å²) in [7, 11) is 0. The van der Waals surface area contributed by atoms with Gasteiger partial charge in [-0.3, -0.25) is 0 Å². The van der Waals surface area contributed by atoms with Gasteiger partial charge in [-0.2, -0.15) is 9.97 Å². The molecule has 0 aliphatic heterocycles. The lowest BCUT2D eigenvalue weighted by Crippen LogP contribution is -2.07. The van der Waals surface area contributed by atoms with Gasteiger partial charge in [-0.1, -0.05) is 18.2 Å². The number of rotatable bonds is 5. The Kier molecular flexibility index (Phi) is 4.07. The van der Waals surface area contributed by atoms with E-state index in [-0.39, 0.29) is 30.4 Å². The third-order valence-corrected chi connectivity index (χ3v) is 2.20. The highest BCUT2D eigenvalue weighted by Crippen LogP contribution is 2.13. The van der Waals surface area contributed by atoms with Crippen molar-refractivity contribution in [2.75, 3.05) is 12.3 Å². The Morgan fingerprint density at radius 2 is 1.79 bits per heavy atom. The van der Waals surface area contributed by atoms with Crippen molar-refractivity contribution in [3.8, 4) is 12.0 Å². The summed E-state index contributed by atoms with van der Waals surface area (Å²) in [6.07, 6.45) is 0. The number of nitrogen functional groups attached to an aromatic ring is 1. The fourth-order valence-electron chi connectivity index (χ4n) is 1.37. The molecule has 0 aliphatic carbocycles. The molecule has 19 heavy (non-hydrogen) atoms. The van der Waals surface area contributed by atoms with Crippen LogP contribution in [0.15, 0.2) is 24.3 Å². The summed E-state index contributed by atoms with van der Waals surface area (Å²) < 4.78 is 23.8. The largest absolute Gasteiger partial charge is 0.464 e. The molecule has 0 bridgehead atoms. The predicted octanol–water partition coefficient (Wildman–Crippen LogP) is 1.57. The first-order valence-corrected chi connectivity index (χ1v) is 5.69. The number of aromatic nitrogens is 3. The topological polar surface area (TPSA) is 83.2 Å². The first-order valence-electron chi connectivity index (χ1n) is 5.69. The molecule has 1 aromatic heterocycles. The van der Waals surface area contributed by atoms with Crippen LogP contribution in [-0.4, -0.2) is 21.6 Å². The van der Waals surface area contributed by atoms with Crippen LogP contribution in [0.25, 0.3) is 0 Å². The van der Waals surface area contributed by atoms with Crippen LogP contribution in [-0.2, 0) is 6.61 Å². The quantitative estimate of drug-likeness (QED) is 0.882. The van der Waals surface area contributed by atoms with E-state index >= 15 is 0 Å². The number of halogens is 1. The second kappa shape index (κ2) is 5.94. The van der Waals surface area contributed by atoms with Gasteiger partial charge in [0.25, 0.3) is 0 Å². The molecule has 2 aromatic rings. The standard InChI is InChI=1S/C12H13FN4O2/c1-2-18-11-15-10(14)16-12(17-11)19-7-8-5-3-4-6-9(8)13/h3-6H,2,7H2,1H3,(H2,14,15,16,17). The molecule has 2 N–H and O–H groups in total. The maximum atomic E-state index is 13.4. The van der Waals surface area contributed by atoms with Crippen molar-refractivity contribution in [3.63, 3.8) is 0 Å². The van der Waals surface area contributed by atoms with E-state index in [2.05, 4.69) is 15.0 Å². The molecular formula is C12H13FN4O2. The summed E-state index contributed by atoms with van der Waals surface area (Å²) in [5.74, 6) is -0.364. The van der Waals surface area contributed by atoms with Gasteiger partial charge in [0.05, 0.1) is 6.61 Å². The second-order valence-electron chi connectivity index (χ2n) is 3.57. The lowest BCUT2D eigenvalue weighted by atomic mass is 10.2. The summed E-state index contributed by atoms with van der Waals surface area (Å²) in [6, 6.07) is 6.37. The van der Waals surface area contributed by atoms with E-state index in [1.165, 1.54) is 6.07 Å². The highest BCUT2D eigenvalue weighted by atomic mass is 19.1. The van der Waals surface area contributed by atoms with Crippen molar-refractivity contribution < 1.29 is 13.9 Å². The Bertz CT molecular complexity index is 565. The first-order chi connectivity index (χ1) is 9.19. The zero-order valence-corrected chi connectivity index (χ0v) is 10.3. The number of hydrogen-bond donors (Lipinski definition) is 1. The van der Waals surface area contributed by atoms with Crippen LogP contribution >= 0.6 is 0 Å². The number of nitrogens with zero attached hydrogens (tertiary/aromatic N) is 3. The molecule has 0 saturated heterocycles. The predicted molar refractivity (Wildman–Crippen MR) is 66.1 cm³/mol. The zero-order chi connectivity index (χ0) is 13.7.